The number of hydrogen-bond acceptors (Lipinski definition) is 0. The maximum Gasteiger partial charge on any atom is 0.109 e. The summed E-state index contributed by atoms with van der Waals surface area (Å²) in [5.74, 6) is 0. The molecule has 0 aliphatic heterocycles. The van der Waals surface area contributed by atoms with Gasteiger partial charge in [0.1, 0.15) is 3.48 Å². The number of alkyl halides is 2. The van der Waals surface area contributed by atoms with Crippen LogP contribution in [-0.4, -0.2) is 3.48 Å². The molecule has 0 fully saturated rings. The van der Waals surface area contributed by atoms with Crippen LogP contribution in [0.2, 0.25) is 0 Å². The second-order valence-electron chi connectivity index (χ2n) is 0.537. The zero-order chi connectivity index (χ0) is 5.15. The van der Waals surface area contributed by atoms with Crippen molar-refractivity contribution in [3.8, 4) is 0 Å². The van der Waals surface area contributed by atoms with Crippen LogP contribution in [0.1, 0.15) is 0 Å². The monoisotopic (exact) mass is 360 g/mol. The van der Waals surface area contributed by atoms with Crippen LogP contribution < -0.4 is 0 Å². The fourth-order valence-electron chi connectivity index (χ4n) is 0. The normalized spacial score (nSPS) is 11.0. The topological polar surface area (TPSA) is 0 Å². The maximum atomic E-state index is 3.33. The van der Waals surface area contributed by atoms with Gasteiger partial charge in [0.2, 0.25) is 0 Å². The minimum atomic E-state index is -0.201. The van der Waals surface area contributed by atoms with Crippen molar-refractivity contribution < 1.29 is 0 Å². The Kier molecular flexibility index (Phi) is 5.92. The average molecular weight is 364 g/mol. The molecular formula is CHBr4P. The molecule has 0 heterocycles. The van der Waals surface area contributed by atoms with E-state index in [9.17, 15) is 0 Å². The van der Waals surface area contributed by atoms with Gasteiger partial charge < -0.3 is 0 Å². The van der Waals surface area contributed by atoms with E-state index in [0.29, 0.717) is 3.48 Å². The molecule has 38 valence electrons. The highest BCUT2D eigenvalue weighted by molar-refractivity contribution is 9.71. The summed E-state index contributed by atoms with van der Waals surface area (Å²) in [5, 5.41) is -0.201. The van der Waals surface area contributed by atoms with Crippen molar-refractivity contribution in [2.75, 3.05) is 0 Å². The predicted octanol–water partition coefficient (Wildman–Crippen LogP) is 4.16. The molecule has 0 saturated heterocycles. The second-order valence-corrected chi connectivity index (χ2v) is 13.5. The van der Waals surface area contributed by atoms with Gasteiger partial charge in [-0.25, -0.2) is 0 Å². The van der Waals surface area contributed by atoms with Crippen molar-refractivity contribution in [3.05, 3.63) is 0 Å². The van der Waals surface area contributed by atoms with Crippen LogP contribution in [0.4, 0.5) is 0 Å². The van der Waals surface area contributed by atoms with Gasteiger partial charge in [-0.05, 0) is 31.0 Å². The molecule has 0 aromatic rings. The SMILES string of the molecule is BrC(Br)P(Br)Br. The summed E-state index contributed by atoms with van der Waals surface area (Å²) in [6, 6.07) is 0. The molecule has 0 spiro atoms. The summed E-state index contributed by atoms with van der Waals surface area (Å²) in [4.78, 5) is 0. The molecule has 0 radical (unpaired) electrons. The van der Waals surface area contributed by atoms with Crippen LogP contribution in [0.15, 0.2) is 0 Å². The number of hydrogen-bond donors (Lipinski definition) is 0. The van der Waals surface area contributed by atoms with Crippen LogP contribution in [0, 0.1) is 0 Å². The third kappa shape index (κ3) is 4.51. The molecule has 0 unspecified atom stereocenters. The Morgan fingerprint density at radius 1 is 1.17 bits per heavy atom. The first-order valence-electron chi connectivity index (χ1n) is 1.03. The summed E-state index contributed by atoms with van der Waals surface area (Å²) in [5.41, 5.74) is 0. The van der Waals surface area contributed by atoms with Crippen molar-refractivity contribution >= 4 is 68.2 Å². The van der Waals surface area contributed by atoms with E-state index in [1.54, 1.807) is 0 Å². The van der Waals surface area contributed by atoms with Crippen LogP contribution in [0.25, 0.3) is 0 Å². The highest BCUT2D eigenvalue weighted by Gasteiger charge is 2.04. The minimum Gasteiger partial charge on any atom is -0.0695 e. The lowest BCUT2D eigenvalue weighted by molar-refractivity contribution is 2.21. The molecule has 0 aromatic heterocycles. The highest BCUT2D eigenvalue weighted by atomic mass is 79.9. The average Bonchev–Trinajstić information content (AvgIpc) is 1.36. The zero-order valence-electron chi connectivity index (χ0n) is 2.54. The number of rotatable bonds is 1. The standard InChI is InChI=1S/CHBr4P/c2-1(3)6(4)5/h1H. The molecule has 0 aromatic carbocycles. The molecule has 0 saturated carbocycles. The van der Waals surface area contributed by atoms with E-state index in [2.05, 4.69) is 62.8 Å². The van der Waals surface area contributed by atoms with E-state index < -0.39 is 0 Å². The Balaban J connectivity index is 2.99. The number of halogens is 4. The molecule has 0 amide bonds. The third-order valence-corrected chi connectivity index (χ3v) is 12.0. The first-order valence-corrected chi connectivity index (χ1v) is 8.31. The molecular weight excluding hydrogens is 363 g/mol. The Hall–Kier alpha value is 2.35. The Morgan fingerprint density at radius 2 is 1.33 bits per heavy atom. The van der Waals surface area contributed by atoms with Crippen LogP contribution in [-0.2, 0) is 0 Å². The Labute approximate surface area is 70.9 Å². The van der Waals surface area contributed by atoms with Gasteiger partial charge >= 0.3 is 0 Å². The summed E-state index contributed by atoms with van der Waals surface area (Å²) in [6.45, 7) is 0. The molecule has 0 bridgehead atoms. The molecule has 0 atom stereocenters. The van der Waals surface area contributed by atoms with Crippen LogP contribution in [0.3, 0.4) is 0 Å². The van der Waals surface area contributed by atoms with Crippen molar-refractivity contribution in [2.24, 2.45) is 0 Å². The summed E-state index contributed by atoms with van der Waals surface area (Å²) in [6.07, 6.45) is 0. The second kappa shape index (κ2) is 4.25. The van der Waals surface area contributed by atoms with Crippen LogP contribution >= 0.6 is 68.2 Å². The van der Waals surface area contributed by atoms with Crippen LogP contribution in [0.5, 0.6) is 0 Å². The fourth-order valence-corrected chi connectivity index (χ4v) is 0. The molecule has 0 aliphatic rings. The van der Waals surface area contributed by atoms with Crippen molar-refractivity contribution in [1.82, 2.24) is 0 Å². The van der Waals surface area contributed by atoms with E-state index in [-0.39, 0.29) is 5.33 Å². The predicted molar refractivity (Wildman–Crippen MR) is 46.4 cm³/mol. The Bertz CT molecular complexity index is 28.5. The van der Waals surface area contributed by atoms with Gasteiger partial charge in [0.25, 0.3) is 0 Å². The molecule has 0 N–H and O–H groups in total. The van der Waals surface area contributed by atoms with E-state index in [1.165, 1.54) is 0 Å². The Morgan fingerprint density at radius 3 is 1.33 bits per heavy atom. The molecule has 0 rings (SSSR count). The first-order chi connectivity index (χ1) is 2.64. The van der Waals surface area contributed by atoms with Crippen molar-refractivity contribution in [2.45, 2.75) is 3.48 Å². The fraction of sp³-hybridized carbons (Fsp3) is 1.00. The lowest BCUT2D eigenvalue weighted by Crippen LogP contribution is -1.62. The van der Waals surface area contributed by atoms with Crippen molar-refractivity contribution in [3.63, 3.8) is 0 Å². The van der Waals surface area contributed by atoms with Gasteiger partial charge in [0, 0.05) is 0 Å². The van der Waals surface area contributed by atoms with Gasteiger partial charge in [-0.3, -0.25) is 0 Å². The summed E-state index contributed by atoms with van der Waals surface area (Å²) in [7, 11) is 0. The first kappa shape index (κ1) is 8.35. The smallest absolute Gasteiger partial charge is 0.0695 e. The minimum absolute atomic E-state index is 0.201. The zero-order valence-corrected chi connectivity index (χ0v) is 9.77. The van der Waals surface area contributed by atoms with Gasteiger partial charge in [-0.2, -0.15) is 0 Å². The summed E-state index contributed by atoms with van der Waals surface area (Å²) < 4.78 is 0.375. The highest BCUT2D eigenvalue weighted by Crippen LogP contribution is 2.60. The van der Waals surface area contributed by atoms with E-state index >= 15 is 0 Å². The lowest BCUT2D eigenvalue weighted by Gasteiger charge is -1.96. The largest absolute Gasteiger partial charge is 0.109 e. The molecule has 0 aliphatic carbocycles. The lowest BCUT2D eigenvalue weighted by atomic mass is 11.9. The van der Waals surface area contributed by atoms with E-state index in [4.69, 9.17) is 0 Å². The molecule has 0 nitrogen and oxygen atoms in total. The van der Waals surface area contributed by atoms with Gasteiger partial charge in [-0.15, -0.1) is 0 Å². The van der Waals surface area contributed by atoms with E-state index in [1.807, 2.05) is 0 Å². The third-order valence-electron chi connectivity index (χ3n) is 0.148. The van der Waals surface area contributed by atoms with Gasteiger partial charge in [0.05, 0.1) is 5.33 Å². The van der Waals surface area contributed by atoms with Crippen molar-refractivity contribution in [1.29, 1.82) is 0 Å². The quantitative estimate of drug-likeness (QED) is 0.485. The molecule has 6 heavy (non-hydrogen) atoms. The van der Waals surface area contributed by atoms with Gasteiger partial charge in [-0.1, -0.05) is 31.9 Å². The summed E-state index contributed by atoms with van der Waals surface area (Å²) >= 11 is 13.2. The molecule has 5 heteroatoms. The van der Waals surface area contributed by atoms with Gasteiger partial charge in [0.15, 0.2) is 0 Å². The maximum absolute atomic E-state index is 3.33. The van der Waals surface area contributed by atoms with E-state index in [0.717, 1.165) is 0 Å².